The fourth-order valence-corrected chi connectivity index (χ4v) is 3.41. The molecule has 0 aromatic carbocycles. The van der Waals surface area contributed by atoms with Crippen LogP contribution in [-0.4, -0.2) is 12.1 Å². The van der Waals surface area contributed by atoms with E-state index in [4.69, 9.17) is 0 Å². The Bertz CT molecular complexity index is 240. The van der Waals surface area contributed by atoms with Crippen LogP contribution in [0.2, 0.25) is 0 Å². The zero-order valence-electron chi connectivity index (χ0n) is 10.3. The minimum atomic E-state index is 0.604. The van der Waals surface area contributed by atoms with Crippen molar-refractivity contribution in [1.29, 1.82) is 0 Å². The normalized spacial score (nSPS) is 44.0. The molecular weight excluding hydrogens is 182 g/mol. The van der Waals surface area contributed by atoms with E-state index < -0.39 is 0 Å². The van der Waals surface area contributed by atoms with Gasteiger partial charge in [-0.2, -0.15) is 0 Å². The van der Waals surface area contributed by atoms with Gasteiger partial charge in [0, 0.05) is 12.1 Å². The van der Waals surface area contributed by atoms with Crippen LogP contribution >= 0.6 is 0 Å². The van der Waals surface area contributed by atoms with E-state index in [-0.39, 0.29) is 0 Å². The maximum absolute atomic E-state index is 3.90. The molecule has 0 saturated heterocycles. The number of rotatable bonds is 3. The van der Waals surface area contributed by atoms with Crippen LogP contribution in [0.25, 0.3) is 0 Å². The summed E-state index contributed by atoms with van der Waals surface area (Å²) in [7, 11) is 0. The molecule has 3 fully saturated rings. The van der Waals surface area contributed by atoms with Crippen molar-refractivity contribution >= 4 is 0 Å². The second-order valence-electron chi connectivity index (χ2n) is 6.87. The zero-order chi connectivity index (χ0) is 10.5. The first kappa shape index (κ1) is 10.1. The zero-order valence-corrected chi connectivity index (χ0v) is 10.3. The molecule has 3 unspecified atom stereocenters. The van der Waals surface area contributed by atoms with Crippen molar-refractivity contribution in [3.8, 4) is 0 Å². The van der Waals surface area contributed by atoms with E-state index in [1.54, 1.807) is 0 Å². The van der Waals surface area contributed by atoms with Crippen LogP contribution in [0.5, 0.6) is 0 Å². The molecule has 15 heavy (non-hydrogen) atoms. The maximum atomic E-state index is 3.90. The molecule has 0 bridgehead atoms. The monoisotopic (exact) mass is 207 g/mol. The number of hydrogen-bond donors (Lipinski definition) is 1. The average Bonchev–Trinajstić information content (AvgIpc) is 3.06. The predicted molar refractivity (Wildman–Crippen MR) is 63.8 cm³/mol. The molecule has 1 N–H and O–H groups in total. The van der Waals surface area contributed by atoms with E-state index in [1.165, 1.54) is 44.9 Å². The Kier molecular flexibility index (Phi) is 2.35. The van der Waals surface area contributed by atoms with Crippen molar-refractivity contribution in [3.05, 3.63) is 0 Å². The lowest BCUT2D eigenvalue weighted by Crippen LogP contribution is -2.37. The second kappa shape index (κ2) is 3.48. The van der Waals surface area contributed by atoms with Crippen molar-refractivity contribution in [2.75, 3.05) is 0 Å². The molecule has 3 aliphatic carbocycles. The Morgan fingerprint density at radius 1 is 1.00 bits per heavy atom. The summed E-state index contributed by atoms with van der Waals surface area (Å²) in [6.07, 6.45) is 10.4. The topological polar surface area (TPSA) is 12.0 Å². The summed E-state index contributed by atoms with van der Waals surface area (Å²) in [5.74, 6) is 2.21. The summed E-state index contributed by atoms with van der Waals surface area (Å²) >= 11 is 0. The third-order valence-electron chi connectivity index (χ3n) is 4.95. The van der Waals surface area contributed by atoms with Gasteiger partial charge in [0.25, 0.3) is 0 Å². The highest BCUT2D eigenvalue weighted by molar-refractivity contribution is 5.03. The number of nitrogens with one attached hydrogen (secondary N) is 1. The third-order valence-corrected chi connectivity index (χ3v) is 4.95. The Labute approximate surface area is 94.0 Å². The van der Waals surface area contributed by atoms with E-state index in [0.29, 0.717) is 5.41 Å². The van der Waals surface area contributed by atoms with Crippen LogP contribution in [0.3, 0.4) is 0 Å². The van der Waals surface area contributed by atoms with E-state index in [9.17, 15) is 0 Å². The van der Waals surface area contributed by atoms with Gasteiger partial charge in [-0.15, -0.1) is 0 Å². The van der Waals surface area contributed by atoms with Gasteiger partial charge in [-0.25, -0.2) is 0 Å². The standard InChI is InChI=1S/C14H25N/c1-14(2)9-13(14)15-12-5-3-4-11(8-12)10-6-7-10/h10-13,15H,3-9H2,1-2H3. The second-order valence-corrected chi connectivity index (χ2v) is 6.87. The van der Waals surface area contributed by atoms with Gasteiger partial charge < -0.3 is 5.32 Å². The van der Waals surface area contributed by atoms with Gasteiger partial charge >= 0.3 is 0 Å². The van der Waals surface area contributed by atoms with E-state index >= 15 is 0 Å². The summed E-state index contributed by atoms with van der Waals surface area (Å²) < 4.78 is 0. The Morgan fingerprint density at radius 2 is 1.73 bits per heavy atom. The van der Waals surface area contributed by atoms with Crippen molar-refractivity contribution in [3.63, 3.8) is 0 Å². The fourth-order valence-electron chi connectivity index (χ4n) is 3.41. The smallest absolute Gasteiger partial charge is 0.0127 e. The van der Waals surface area contributed by atoms with Crippen LogP contribution < -0.4 is 5.32 Å². The molecule has 0 aliphatic heterocycles. The summed E-state index contributed by atoms with van der Waals surface area (Å²) in [5, 5.41) is 3.90. The average molecular weight is 207 g/mol. The molecule has 3 saturated carbocycles. The molecule has 1 nitrogen and oxygen atoms in total. The van der Waals surface area contributed by atoms with Gasteiger partial charge in [-0.1, -0.05) is 26.7 Å². The van der Waals surface area contributed by atoms with Crippen LogP contribution in [0, 0.1) is 17.3 Å². The molecule has 3 rings (SSSR count). The summed E-state index contributed by atoms with van der Waals surface area (Å²) in [6.45, 7) is 4.79. The minimum Gasteiger partial charge on any atom is -0.311 e. The van der Waals surface area contributed by atoms with Crippen LogP contribution in [-0.2, 0) is 0 Å². The Morgan fingerprint density at radius 3 is 2.33 bits per heavy atom. The molecule has 0 aromatic rings. The Balaban J connectivity index is 1.49. The van der Waals surface area contributed by atoms with Gasteiger partial charge in [0.15, 0.2) is 0 Å². The van der Waals surface area contributed by atoms with Gasteiger partial charge in [0.2, 0.25) is 0 Å². The molecule has 0 amide bonds. The molecule has 1 heteroatoms. The first-order valence-electron chi connectivity index (χ1n) is 6.91. The molecule has 86 valence electrons. The minimum absolute atomic E-state index is 0.604. The molecule has 0 spiro atoms. The first-order chi connectivity index (χ1) is 7.15. The van der Waals surface area contributed by atoms with Gasteiger partial charge in [0.05, 0.1) is 0 Å². The highest BCUT2D eigenvalue weighted by atomic mass is 15.0. The maximum Gasteiger partial charge on any atom is 0.0127 e. The lowest BCUT2D eigenvalue weighted by Gasteiger charge is -2.30. The summed E-state index contributed by atoms with van der Waals surface area (Å²) in [6, 6.07) is 1.69. The predicted octanol–water partition coefficient (Wildman–Crippen LogP) is 3.34. The molecular formula is C14H25N. The highest BCUT2D eigenvalue weighted by Gasteiger charge is 2.47. The van der Waals surface area contributed by atoms with Crippen LogP contribution in [0.1, 0.15) is 58.8 Å². The fraction of sp³-hybridized carbons (Fsp3) is 1.00. The van der Waals surface area contributed by atoms with Gasteiger partial charge in [0.1, 0.15) is 0 Å². The molecule has 0 radical (unpaired) electrons. The highest BCUT2D eigenvalue weighted by Crippen LogP contribution is 2.47. The van der Waals surface area contributed by atoms with Crippen molar-refractivity contribution in [2.24, 2.45) is 17.3 Å². The van der Waals surface area contributed by atoms with Crippen molar-refractivity contribution in [1.82, 2.24) is 5.32 Å². The summed E-state index contributed by atoms with van der Waals surface area (Å²) in [4.78, 5) is 0. The van der Waals surface area contributed by atoms with Crippen molar-refractivity contribution in [2.45, 2.75) is 70.9 Å². The van der Waals surface area contributed by atoms with Crippen LogP contribution in [0.4, 0.5) is 0 Å². The third kappa shape index (κ3) is 2.22. The van der Waals surface area contributed by atoms with E-state index in [1.807, 2.05) is 0 Å². The van der Waals surface area contributed by atoms with Crippen molar-refractivity contribution < 1.29 is 0 Å². The Hall–Kier alpha value is -0.0400. The van der Waals surface area contributed by atoms with Gasteiger partial charge in [-0.05, 0) is 49.4 Å². The van der Waals surface area contributed by atoms with E-state index in [2.05, 4.69) is 19.2 Å². The SMILES string of the molecule is CC1(C)CC1NC1CCCC(C2CC2)C1. The van der Waals surface area contributed by atoms with Gasteiger partial charge in [-0.3, -0.25) is 0 Å². The lowest BCUT2D eigenvalue weighted by molar-refractivity contribution is 0.254. The summed E-state index contributed by atoms with van der Waals surface area (Å²) in [5.41, 5.74) is 0.604. The lowest BCUT2D eigenvalue weighted by atomic mass is 9.82. The number of hydrogen-bond acceptors (Lipinski definition) is 1. The first-order valence-corrected chi connectivity index (χ1v) is 6.91. The largest absolute Gasteiger partial charge is 0.311 e. The van der Waals surface area contributed by atoms with Crippen LogP contribution in [0.15, 0.2) is 0 Å². The van der Waals surface area contributed by atoms with E-state index in [0.717, 1.165) is 23.9 Å². The molecule has 0 heterocycles. The molecule has 3 atom stereocenters. The quantitative estimate of drug-likeness (QED) is 0.748. The molecule has 0 aromatic heterocycles. The molecule has 3 aliphatic rings.